The molecule has 1 heterocycles. The average Bonchev–Trinajstić information content (AvgIpc) is 3.05. The highest BCUT2D eigenvalue weighted by Gasteiger charge is 2.25. The molecule has 2 aromatic rings. The molecule has 0 spiro atoms. The number of benzene rings is 2. The molecule has 0 fully saturated rings. The van der Waals surface area contributed by atoms with Gasteiger partial charge in [-0.15, -0.1) is 0 Å². The molecule has 0 aliphatic carbocycles. The number of anilines is 2. The van der Waals surface area contributed by atoms with E-state index in [0.29, 0.717) is 30.9 Å². The van der Waals surface area contributed by atoms with E-state index >= 15 is 0 Å². The molecule has 3 rings (SSSR count). The predicted molar refractivity (Wildman–Crippen MR) is 97.2 cm³/mol. The summed E-state index contributed by atoms with van der Waals surface area (Å²) in [5.41, 5.74) is 3.27. The Morgan fingerprint density at radius 1 is 1.16 bits per heavy atom. The fourth-order valence-corrected chi connectivity index (χ4v) is 2.88. The average molecular weight is 339 g/mol. The summed E-state index contributed by atoms with van der Waals surface area (Å²) in [6.07, 6.45) is 0.863. The second-order valence-electron chi connectivity index (χ2n) is 5.79. The summed E-state index contributed by atoms with van der Waals surface area (Å²) in [7, 11) is 1.57. The number of hydrogen-bond donors (Lipinski definition) is 2. The molecule has 0 saturated heterocycles. The molecule has 0 saturated carbocycles. The highest BCUT2D eigenvalue weighted by atomic mass is 16.5. The van der Waals surface area contributed by atoms with Crippen LogP contribution in [0.25, 0.3) is 0 Å². The van der Waals surface area contributed by atoms with Gasteiger partial charge in [-0.25, -0.2) is 4.79 Å². The lowest BCUT2D eigenvalue weighted by Gasteiger charge is -2.18. The zero-order valence-corrected chi connectivity index (χ0v) is 14.1. The van der Waals surface area contributed by atoms with Crippen LogP contribution in [0.4, 0.5) is 16.2 Å². The minimum Gasteiger partial charge on any atom is -0.383 e. The van der Waals surface area contributed by atoms with Crippen LogP contribution in [-0.2, 0) is 11.2 Å². The number of methoxy groups -OCH3 is 1. The molecule has 1 aliphatic heterocycles. The normalized spacial score (nSPS) is 12.6. The number of carbonyl (C=O) groups excluding carboxylic acids is 2. The number of carbonyl (C=O) groups is 2. The van der Waals surface area contributed by atoms with Crippen molar-refractivity contribution in [3.8, 4) is 0 Å². The molecule has 130 valence electrons. The van der Waals surface area contributed by atoms with E-state index in [-0.39, 0.29) is 11.9 Å². The summed E-state index contributed by atoms with van der Waals surface area (Å²) in [6.45, 7) is 1.54. The van der Waals surface area contributed by atoms with Gasteiger partial charge in [-0.1, -0.05) is 24.3 Å². The van der Waals surface area contributed by atoms with E-state index in [1.54, 1.807) is 36.3 Å². The van der Waals surface area contributed by atoms with E-state index in [1.165, 1.54) is 5.56 Å². The summed E-state index contributed by atoms with van der Waals surface area (Å²) in [4.78, 5) is 26.4. The quantitative estimate of drug-likeness (QED) is 0.823. The van der Waals surface area contributed by atoms with Crippen molar-refractivity contribution in [3.05, 3.63) is 59.7 Å². The molecular weight excluding hydrogens is 318 g/mol. The van der Waals surface area contributed by atoms with Gasteiger partial charge in [0.1, 0.15) is 0 Å². The lowest BCUT2D eigenvalue weighted by atomic mass is 10.1. The molecule has 6 heteroatoms. The molecule has 3 amide bonds. The maximum absolute atomic E-state index is 12.8. The Morgan fingerprint density at radius 2 is 2.00 bits per heavy atom. The van der Waals surface area contributed by atoms with E-state index in [9.17, 15) is 9.59 Å². The summed E-state index contributed by atoms with van der Waals surface area (Å²) < 4.78 is 4.89. The van der Waals surface area contributed by atoms with Crippen LogP contribution in [0.15, 0.2) is 48.5 Å². The maximum atomic E-state index is 12.8. The van der Waals surface area contributed by atoms with Crippen molar-refractivity contribution in [2.45, 2.75) is 6.42 Å². The predicted octanol–water partition coefficient (Wildman–Crippen LogP) is 2.66. The molecule has 1 aliphatic rings. The van der Waals surface area contributed by atoms with Gasteiger partial charge in [-0.05, 0) is 36.2 Å². The van der Waals surface area contributed by atoms with Crippen molar-refractivity contribution >= 4 is 23.3 Å². The van der Waals surface area contributed by atoms with Crippen LogP contribution in [-0.4, -0.2) is 38.7 Å². The number of ether oxygens (including phenoxy) is 1. The summed E-state index contributed by atoms with van der Waals surface area (Å²) in [5.74, 6) is -0.0617. The van der Waals surface area contributed by atoms with E-state index in [0.717, 1.165) is 12.1 Å². The van der Waals surface area contributed by atoms with Crippen molar-refractivity contribution < 1.29 is 14.3 Å². The van der Waals surface area contributed by atoms with E-state index in [1.807, 2.05) is 24.3 Å². The standard InChI is InChI=1S/C19H21N3O3/c1-25-12-10-20-19(24)21-16-7-4-6-15(13-16)18(23)22-11-9-14-5-2-3-8-17(14)22/h2-8,13H,9-12H2,1H3,(H2,20,21,24). The maximum Gasteiger partial charge on any atom is 0.319 e. The highest BCUT2D eigenvalue weighted by molar-refractivity contribution is 6.08. The molecule has 2 aromatic carbocycles. The first-order chi connectivity index (χ1) is 12.2. The number of hydrogen-bond acceptors (Lipinski definition) is 3. The fraction of sp³-hybridized carbons (Fsp3) is 0.263. The van der Waals surface area contributed by atoms with Gasteiger partial charge in [-0.2, -0.15) is 0 Å². The monoisotopic (exact) mass is 339 g/mol. The Kier molecular flexibility index (Phi) is 5.30. The Labute approximate surface area is 146 Å². The minimum absolute atomic E-state index is 0.0617. The minimum atomic E-state index is -0.326. The van der Waals surface area contributed by atoms with Crippen molar-refractivity contribution in [2.75, 3.05) is 37.0 Å². The Bertz CT molecular complexity index is 776. The summed E-state index contributed by atoms with van der Waals surface area (Å²) >= 11 is 0. The third-order valence-corrected chi connectivity index (χ3v) is 4.09. The molecule has 25 heavy (non-hydrogen) atoms. The lowest BCUT2D eigenvalue weighted by molar-refractivity contribution is 0.0989. The molecule has 6 nitrogen and oxygen atoms in total. The van der Waals surface area contributed by atoms with Crippen molar-refractivity contribution in [1.82, 2.24) is 5.32 Å². The fourth-order valence-electron chi connectivity index (χ4n) is 2.88. The molecule has 0 radical (unpaired) electrons. The van der Waals surface area contributed by atoms with Crippen LogP contribution in [0.3, 0.4) is 0 Å². The van der Waals surface area contributed by atoms with Crippen molar-refractivity contribution in [3.63, 3.8) is 0 Å². The number of fused-ring (bicyclic) bond motifs is 1. The van der Waals surface area contributed by atoms with Crippen LogP contribution >= 0.6 is 0 Å². The molecule has 0 aromatic heterocycles. The number of nitrogens with zero attached hydrogens (tertiary/aromatic N) is 1. The first-order valence-electron chi connectivity index (χ1n) is 8.22. The summed E-state index contributed by atoms with van der Waals surface area (Å²) in [5, 5.41) is 5.41. The van der Waals surface area contributed by atoms with Gasteiger partial charge in [-0.3, -0.25) is 4.79 Å². The van der Waals surface area contributed by atoms with Gasteiger partial charge in [0.15, 0.2) is 0 Å². The van der Waals surface area contributed by atoms with Gasteiger partial charge in [0.25, 0.3) is 5.91 Å². The molecule has 0 atom stereocenters. The molecular formula is C19H21N3O3. The largest absolute Gasteiger partial charge is 0.383 e. The molecule has 2 N–H and O–H groups in total. The van der Waals surface area contributed by atoms with Crippen LogP contribution in [0.1, 0.15) is 15.9 Å². The van der Waals surface area contributed by atoms with Gasteiger partial charge in [0, 0.05) is 37.1 Å². The van der Waals surface area contributed by atoms with Crippen LogP contribution in [0.5, 0.6) is 0 Å². The van der Waals surface area contributed by atoms with Gasteiger partial charge in [0.2, 0.25) is 0 Å². The number of para-hydroxylation sites is 1. The first-order valence-corrected chi connectivity index (χ1v) is 8.22. The smallest absolute Gasteiger partial charge is 0.319 e. The van der Waals surface area contributed by atoms with Crippen molar-refractivity contribution in [1.29, 1.82) is 0 Å². The Balaban J connectivity index is 1.69. The van der Waals surface area contributed by atoms with Crippen LogP contribution < -0.4 is 15.5 Å². The molecule has 0 unspecified atom stereocenters. The van der Waals surface area contributed by atoms with E-state index in [2.05, 4.69) is 10.6 Å². The second-order valence-corrected chi connectivity index (χ2v) is 5.79. The number of nitrogens with one attached hydrogen (secondary N) is 2. The third-order valence-electron chi connectivity index (χ3n) is 4.09. The topological polar surface area (TPSA) is 70.7 Å². The second kappa shape index (κ2) is 7.81. The van der Waals surface area contributed by atoms with Gasteiger partial charge in [0.05, 0.1) is 6.61 Å². The Hall–Kier alpha value is -2.86. The molecule has 0 bridgehead atoms. The summed E-state index contributed by atoms with van der Waals surface area (Å²) in [6, 6.07) is 14.6. The van der Waals surface area contributed by atoms with Gasteiger partial charge >= 0.3 is 6.03 Å². The lowest BCUT2D eigenvalue weighted by Crippen LogP contribution is -2.31. The van der Waals surface area contributed by atoms with E-state index < -0.39 is 0 Å². The van der Waals surface area contributed by atoms with Crippen molar-refractivity contribution in [2.24, 2.45) is 0 Å². The highest BCUT2D eigenvalue weighted by Crippen LogP contribution is 2.29. The zero-order chi connectivity index (χ0) is 17.6. The number of rotatable bonds is 5. The van der Waals surface area contributed by atoms with Gasteiger partial charge < -0.3 is 20.3 Å². The SMILES string of the molecule is COCCNC(=O)Nc1cccc(C(=O)N2CCc3ccccc32)c1. The zero-order valence-electron chi connectivity index (χ0n) is 14.1. The Morgan fingerprint density at radius 3 is 2.84 bits per heavy atom. The number of amides is 3. The van der Waals surface area contributed by atoms with E-state index in [4.69, 9.17) is 4.74 Å². The van der Waals surface area contributed by atoms with Crippen LogP contribution in [0, 0.1) is 0 Å². The number of urea groups is 1. The first kappa shape index (κ1) is 17.0. The third kappa shape index (κ3) is 3.97. The van der Waals surface area contributed by atoms with Crippen LogP contribution in [0.2, 0.25) is 0 Å².